The van der Waals surface area contributed by atoms with Crippen molar-refractivity contribution in [1.82, 2.24) is 4.90 Å². The number of aliphatic carboxylic acids is 1. The van der Waals surface area contributed by atoms with Crippen LogP contribution in [0.25, 0.3) is 0 Å². The van der Waals surface area contributed by atoms with E-state index in [2.05, 4.69) is 5.38 Å². The monoisotopic (exact) mass is 307 g/mol. The number of hydrogen-bond acceptors (Lipinski definition) is 3. The lowest BCUT2D eigenvalue weighted by Gasteiger charge is -2.32. The van der Waals surface area contributed by atoms with Crippen molar-refractivity contribution >= 4 is 23.2 Å². The molecule has 21 heavy (non-hydrogen) atoms. The van der Waals surface area contributed by atoms with Crippen LogP contribution < -0.4 is 0 Å². The molecule has 5 heteroatoms. The third kappa shape index (κ3) is 2.27. The lowest BCUT2D eigenvalue weighted by Crippen LogP contribution is -2.44. The molecule has 0 spiro atoms. The number of carboxylic acids is 1. The van der Waals surface area contributed by atoms with Crippen LogP contribution in [0.1, 0.15) is 44.6 Å². The highest BCUT2D eigenvalue weighted by Gasteiger charge is 2.60. The first kappa shape index (κ1) is 14.6. The summed E-state index contributed by atoms with van der Waals surface area (Å²) in [6.45, 7) is 1.93. The molecule has 0 radical (unpaired) electrons. The van der Waals surface area contributed by atoms with Crippen LogP contribution in [0.3, 0.4) is 0 Å². The Balaban J connectivity index is 1.71. The van der Waals surface area contributed by atoms with Crippen molar-refractivity contribution in [2.45, 2.75) is 57.5 Å². The molecule has 1 aromatic heterocycles. The van der Waals surface area contributed by atoms with Gasteiger partial charge in [0, 0.05) is 18.5 Å². The van der Waals surface area contributed by atoms with Crippen LogP contribution in [-0.4, -0.2) is 34.0 Å². The molecule has 0 unspecified atom stereocenters. The van der Waals surface area contributed by atoms with Crippen LogP contribution in [0.15, 0.2) is 16.8 Å². The fraction of sp³-hybridized carbons (Fsp3) is 0.625. The minimum Gasteiger partial charge on any atom is -0.481 e. The van der Waals surface area contributed by atoms with Gasteiger partial charge in [0.15, 0.2) is 0 Å². The van der Waals surface area contributed by atoms with E-state index in [4.69, 9.17) is 0 Å². The van der Waals surface area contributed by atoms with Crippen molar-refractivity contribution in [1.29, 1.82) is 0 Å². The molecule has 3 rings (SSSR count). The van der Waals surface area contributed by atoms with Gasteiger partial charge in [-0.1, -0.05) is 6.92 Å². The van der Waals surface area contributed by atoms with Gasteiger partial charge in [0.25, 0.3) is 0 Å². The van der Waals surface area contributed by atoms with E-state index in [0.29, 0.717) is 19.3 Å². The third-order valence-electron chi connectivity index (χ3n) is 5.29. The number of nitrogens with zero attached hydrogens (tertiary/aromatic N) is 1. The summed E-state index contributed by atoms with van der Waals surface area (Å²) >= 11 is 1.64. The Hall–Kier alpha value is -1.36. The number of rotatable bonds is 5. The standard InChI is InChI=1S/C16H21NO3S/c1-2-16(15(19)20)9-12-4-5-13(16)17(12)14(18)6-3-11-7-8-21-10-11/h7-8,10,12-13H,2-6,9H2,1H3,(H,19,20)/t12-,13+,16+/m0/s1. The number of aryl methyl sites for hydroxylation is 1. The molecule has 3 heterocycles. The van der Waals surface area contributed by atoms with E-state index >= 15 is 0 Å². The van der Waals surface area contributed by atoms with Crippen molar-refractivity contribution in [3.8, 4) is 0 Å². The van der Waals surface area contributed by atoms with E-state index in [9.17, 15) is 14.7 Å². The molecule has 0 saturated carbocycles. The van der Waals surface area contributed by atoms with Crippen LogP contribution in [0.4, 0.5) is 0 Å². The van der Waals surface area contributed by atoms with E-state index in [0.717, 1.165) is 19.3 Å². The fourth-order valence-electron chi connectivity index (χ4n) is 4.14. The van der Waals surface area contributed by atoms with Gasteiger partial charge in [0.1, 0.15) is 0 Å². The Labute approximate surface area is 128 Å². The summed E-state index contributed by atoms with van der Waals surface area (Å²) in [5, 5.41) is 13.7. The number of amides is 1. The van der Waals surface area contributed by atoms with Gasteiger partial charge in [-0.2, -0.15) is 11.3 Å². The summed E-state index contributed by atoms with van der Waals surface area (Å²) in [6, 6.07) is 2.09. The molecule has 2 fully saturated rings. The smallest absolute Gasteiger partial charge is 0.311 e. The molecule has 3 atom stereocenters. The molecule has 2 aliphatic heterocycles. The summed E-state index contributed by atoms with van der Waals surface area (Å²) in [5.41, 5.74) is 0.487. The van der Waals surface area contributed by atoms with Crippen molar-refractivity contribution in [2.75, 3.05) is 0 Å². The van der Waals surface area contributed by atoms with E-state index in [1.54, 1.807) is 11.3 Å². The van der Waals surface area contributed by atoms with Gasteiger partial charge < -0.3 is 10.0 Å². The van der Waals surface area contributed by atoms with Crippen LogP contribution in [0.2, 0.25) is 0 Å². The van der Waals surface area contributed by atoms with Gasteiger partial charge in [-0.3, -0.25) is 9.59 Å². The minimum atomic E-state index is -0.729. The summed E-state index contributed by atoms with van der Waals surface area (Å²) in [5.74, 6) is -0.599. The number of carbonyl (C=O) groups excluding carboxylic acids is 1. The van der Waals surface area contributed by atoms with Gasteiger partial charge >= 0.3 is 5.97 Å². The average Bonchev–Trinajstić information content (AvgIpc) is 3.19. The van der Waals surface area contributed by atoms with Crippen molar-refractivity contribution in [3.05, 3.63) is 22.4 Å². The van der Waals surface area contributed by atoms with Crippen LogP contribution >= 0.6 is 11.3 Å². The highest BCUT2D eigenvalue weighted by atomic mass is 32.1. The Morgan fingerprint density at radius 2 is 2.29 bits per heavy atom. The maximum atomic E-state index is 12.6. The molecule has 2 bridgehead atoms. The highest BCUT2D eigenvalue weighted by Crippen LogP contribution is 2.52. The molecular weight excluding hydrogens is 286 g/mol. The second-order valence-electron chi connectivity index (χ2n) is 6.20. The number of fused-ring (bicyclic) bond motifs is 2. The normalized spacial score (nSPS) is 30.8. The van der Waals surface area contributed by atoms with Gasteiger partial charge in [-0.15, -0.1) is 0 Å². The van der Waals surface area contributed by atoms with E-state index in [1.807, 2.05) is 23.3 Å². The second kappa shape index (κ2) is 5.44. The first-order valence-corrected chi connectivity index (χ1v) is 8.58. The van der Waals surface area contributed by atoms with Crippen LogP contribution in [0.5, 0.6) is 0 Å². The van der Waals surface area contributed by atoms with Gasteiger partial charge in [0.2, 0.25) is 5.91 Å². The van der Waals surface area contributed by atoms with Crippen LogP contribution in [0, 0.1) is 5.41 Å². The first-order chi connectivity index (χ1) is 10.1. The first-order valence-electron chi connectivity index (χ1n) is 7.64. The Kier molecular flexibility index (Phi) is 3.78. The van der Waals surface area contributed by atoms with Gasteiger partial charge in [-0.25, -0.2) is 0 Å². The lowest BCUT2D eigenvalue weighted by molar-refractivity contribution is -0.151. The van der Waals surface area contributed by atoms with Crippen molar-refractivity contribution in [3.63, 3.8) is 0 Å². The zero-order chi connectivity index (χ0) is 15.0. The summed E-state index contributed by atoms with van der Waals surface area (Å²) < 4.78 is 0. The quantitative estimate of drug-likeness (QED) is 0.910. The highest BCUT2D eigenvalue weighted by molar-refractivity contribution is 7.07. The third-order valence-corrected chi connectivity index (χ3v) is 6.02. The van der Waals surface area contributed by atoms with Gasteiger partial charge in [0.05, 0.1) is 5.41 Å². The molecule has 1 amide bonds. The summed E-state index contributed by atoms with van der Waals surface area (Å²) in [4.78, 5) is 26.2. The van der Waals surface area contributed by atoms with E-state index < -0.39 is 11.4 Å². The number of carbonyl (C=O) groups is 2. The molecule has 2 aliphatic rings. The number of carboxylic acid groups (broad SMARTS) is 1. The largest absolute Gasteiger partial charge is 0.481 e. The number of thiophene rings is 1. The molecule has 114 valence electrons. The molecule has 2 saturated heterocycles. The molecular formula is C16H21NO3S. The summed E-state index contributed by atoms with van der Waals surface area (Å²) in [7, 11) is 0. The maximum absolute atomic E-state index is 12.6. The Morgan fingerprint density at radius 3 is 2.86 bits per heavy atom. The van der Waals surface area contributed by atoms with Crippen LogP contribution in [-0.2, 0) is 16.0 Å². The average molecular weight is 307 g/mol. The zero-order valence-electron chi connectivity index (χ0n) is 12.2. The summed E-state index contributed by atoms with van der Waals surface area (Å²) in [6.07, 6.45) is 4.29. The molecule has 1 N–H and O–H groups in total. The topological polar surface area (TPSA) is 57.6 Å². The maximum Gasteiger partial charge on any atom is 0.311 e. The molecule has 0 aliphatic carbocycles. The molecule has 0 aromatic carbocycles. The van der Waals surface area contributed by atoms with Crippen molar-refractivity contribution < 1.29 is 14.7 Å². The molecule has 4 nitrogen and oxygen atoms in total. The fourth-order valence-corrected chi connectivity index (χ4v) is 4.84. The SMILES string of the molecule is CC[C@@]1(C(=O)O)C[C@@H]2CC[C@H]1N2C(=O)CCc1ccsc1. The Bertz CT molecular complexity index is 542. The molecule has 1 aromatic rings. The minimum absolute atomic E-state index is 0.0972. The Morgan fingerprint density at radius 1 is 1.48 bits per heavy atom. The predicted octanol–water partition coefficient (Wildman–Crippen LogP) is 2.93. The van der Waals surface area contributed by atoms with E-state index in [-0.39, 0.29) is 18.0 Å². The predicted molar refractivity (Wildman–Crippen MR) is 81.3 cm³/mol. The van der Waals surface area contributed by atoms with Crippen molar-refractivity contribution in [2.24, 2.45) is 5.41 Å². The van der Waals surface area contributed by atoms with E-state index in [1.165, 1.54) is 5.56 Å². The lowest BCUT2D eigenvalue weighted by atomic mass is 9.72. The number of hydrogen-bond donors (Lipinski definition) is 1. The second-order valence-corrected chi connectivity index (χ2v) is 6.98. The van der Waals surface area contributed by atoms with Gasteiger partial charge in [-0.05, 0) is 54.5 Å². The zero-order valence-corrected chi connectivity index (χ0v) is 13.1.